The molecule has 0 saturated carbocycles. The minimum Gasteiger partial charge on any atom is -0.358 e. The van der Waals surface area contributed by atoms with Gasteiger partial charge < -0.3 is 5.32 Å². The molecule has 0 spiro atoms. The number of hydrogen-bond donors (Lipinski definition) is 1. The Kier molecular flexibility index (Phi) is 4.47. The number of aromatic nitrogens is 2. The first-order valence-electron chi connectivity index (χ1n) is 6.67. The Balaban J connectivity index is 2.36. The van der Waals surface area contributed by atoms with Gasteiger partial charge in [0.25, 0.3) is 0 Å². The van der Waals surface area contributed by atoms with Crippen LogP contribution in [0.1, 0.15) is 31.1 Å². The van der Waals surface area contributed by atoms with Gasteiger partial charge in [-0.15, -0.1) is 0 Å². The van der Waals surface area contributed by atoms with Gasteiger partial charge in [0, 0.05) is 11.6 Å². The highest BCUT2D eigenvalue weighted by atomic mass is 35.5. The summed E-state index contributed by atoms with van der Waals surface area (Å²) in [6.45, 7) is 6.02. The van der Waals surface area contributed by atoms with Crippen molar-refractivity contribution in [2.45, 2.75) is 33.4 Å². The van der Waals surface area contributed by atoms with Crippen LogP contribution in [0, 0.1) is 17.0 Å². The number of rotatable bonds is 5. The van der Waals surface area contributed by atoms with E-state index < -0.39 is 4.92 Å². The van der Waals surface area contributed by atoms with E-state index in [-0.39, 0.29) is 11.7 Å². The first-order chi connectivity index (χ1) is 9.93. The van der Waals surface area contributed by atoms with Crippen molar-refractivity contribution in [3.8, 4) is 0 Å². The van der Waals surface area contributed by atoms with Gasteiger partial charge in [-0.1, -0.05) is 23.7 Å². The summed E-state index contributed by atoms with van der Waals surface area (Å²) in [7, 11) is 0. The third kappa shape index (κ3) is 3.16. The van der Waals surface area contributed by atoms with E-state index >= 15 is 0 Å². The van der Waals surface area contributed by atoms with Crippen molar-refractivity contribution in [2.75, 3.05) is 5.32 Å². The predicted molar refractivity (Wildman–Crippen MR) is 82.8 cm³/mol. The fourth-order valence-electron chi connectivity index (χ4n) is 2.23. The molecule has 0 aliphatic heterocycles. The van der Waals surface area contributed by atoms with E-state index in [2.05, 4.69) is 10.4 Å². The van der Waals surface area contributed by atoms with Crippen molar-refractivity contribution in [3.05, 3.63) is 50.7 Å². The van der Waals surface area contributed by atoms with Gasteiger partial charge in [0.05, 0.1) is 11.0 Å². The van der Waals surface area contributed by atoms with Gasteiger partial charge in [-0.25, -0.2) is 4.68 Å². The number of halogens is 1. The van der Waals surface area contributed by atoms with Gasteiger partial charge in [-0.2, -0.15) is 5.10 Å². The molecule has 0 fully saturated rings. The van der Waals surface area contributed by atoms with E-state index in [9.17, 15) is 10.1 Å². The molecule has 1 N–H and O–H groups in total. The summed E-state index contributed by atoms with van der Waals surface area (Å²) in [6.07, 6.45) is 0. The predicted octanol–water partition coefficient (Wildman–Crippen LogP) is 3.95. The van der Waals surface area contributed by atoms with Crippen molar-refractivity contribution in [2.24, 2.45) is 0 Å². The molecule has 112 valence electrons. The molecule has 0 aliphatic rings. The Labute approximate surface area is 127 Å². The summed E-state index contributed by atoms with van der Waals surface area (Å²) in [5.74, 6) is 0.424. The Morgan fingerprint density at radius 3 is 2.81 bits per heavy atom. The number of nitrogens with zero attached hydrogens (tertiary/aromatic N) is 3. The summed E-state index contributed by atoms with van der Waals surface area (Å²) >= 11 is 5.98. The molecule has 2 aromatic rings. The molecule has 1 aromatic carbocycles. The second kappa shape index (κ2) is 6.13. The van der Waals surface area contributed by atoms with Crippen LogP contribution in [0.2, 0.25) is 5.02 Å². The van der Waals surface area contributed by atoms with Crippen molar-refractivity contribution >= 4 is 23.1 Å². The van der Waals surface area contributed by atoms with Crippen molar-refractivity contribution < 1.29 is 4.92 Å². The maximum Gasteiger partial charge on any atom is 0.333 e. The van der Waals surface area contributed by atoms with Crippen LogP contribution in [0.3, 0.4) is 0 Å². The highest BCUT2D eigenvalue weighted by molar-refractivity contribution is 6.30. The topological polar surface area (TPSA) is 73.0 Å². The Morgan fingerprint density at radius 1 is 1.52 bits per heavy atom. The van der Waals surface area contributed by atoms with Crippen LogP contribution in [-0.4, -0.2) is 14.7 Å². The lowest BCUT2D eigenvalue weighted by Gasteiger charge is -2.16. The first-order valence-corrected chi connectivity index (χ1v) is 7.05. The molecule has 1 unspecified atom stereocenters. The van der Waals surface area contributed by atoms with Gasteiger partial charge in [-0.3, -0.25) is 10.1 Å². The minimum atomic E-state index is -0.401. The van der Waals surface area contributed by atoms with E-state index in [1.165, 1.54) is 0 Å². The average molecular weight is 309 g/mol. The molecule has 0 radical (unpaired) electrons. The van der Waals surface area contributed by atoms with Crippen molar-refractivity contribution in [3.63, 3.8) is 0 Å². The van der Waals surface area contributed by atoms with Gasteiger partial charge in [0.2, 0.25) is 5.82 Å². The standard InChI is InChI=1S/C14H17ClN4O2/c1-4-18-14(13(19(20)21)10(3)17-18)16-9(2)11-6-5-7-12(15)8-11/h5-9,16H,4H2,1-3H3. The lowest BCUT2D eigenvalue weighted by atomic mass is 10.1. The first kappa shape index (κ1) is 15.3. The molecule has 7 heteroatoms. The number of nitrogens with one attached hydrogen (secondary N) is 1. The fourth-order valence-corrected chi connectivity index (χ4v) is 2.43. The van der Waals surface area contributed by atoms with Crippen molar-refractivity contribution in [1.29, 1.82) is 0 Å². The number of nitro groups is 1. The Hall–Kier alpha value is -2.08. The molecular weight excluding hydrogens is 292 g/mol. The third-order valence-electron chi connectivity index (χ3n) is 3.28. The average Bonchev–Trinajstić information content (AvgIpc) is 2.74. The quantitative estimate of drug-likeness (QED) is 0.670. The number of aryl methyl sites for hydroxylation is 2. The number of hydrogen-bond acceptors (Lipinski definition) is 4. The van der Waals surface area contributed by atoms with E-state index in [4.69, 9.17) is 11.6 Å². The summed E-state index contributed by atoms with van der Waals surface area (Å²) in [5, 5.41) is 19.2. The molecule has 0 aliphatic carbocycles. The lowest BCUT2D eigenvalue weighted by molar-refractivity contribution is -0.384. The van der Waals surface area contributed by atoms with Crippen LogP contribution in [0.5, 0.6) is 0 Å². The molecule has 1 atom stereocenters. The zero-order chi connectivity index (χ0) is 15.6. The van der Waals surface area contributed by atoms with Crippen LogP contribution in [-0.2, 0) is 6.54 Å². The lowest BCUT2D eigenvalue weighted by Crippen LogP contribution is -2.12. The smallest absolute Gasteiger partial charge is 0.333 e. The third-order valence-corrected chi connectivity index (χ3v) is 3.51. The van der Waals surface area contributed by atoms with Crippen LogP contribution < -0.4 is 5.32 Å². The van der Waals surface area contributed by atoms with Crippen molar-refractivity contribution in [1.82, 2.24) is 9.78 Å². The van der Waals surface area contributed by atoms with Gasteiger partial charge >= 0.3 is 5.69 Å². The second-order valence-corrected chi connectivity index (χ2v) is 5.21. The molecule has 0 amide bonds. The zero-order valence-corrected chi connectivity index (χ0v) is 12.9. The molecule has 0 saturated heterocycles. The summed E-state index contributed by atoms with van der Waals surface area (Å²) < 4.78 is 1.61. The molecule has 2 rings (SSSR count). The zero-order valence-electron chi connectivity index (χ0n) is 12.1. The van der Waals surface area contributed by atoms with E-state index in [1.54, 1.807) is 17.7 Å². The van der Waals surface area contributed by atoms with E-state index in [0.717, 1.165) is 5.56 Å². The number of benzene rings is 1. The highest BCUT2D eigenvalue weighted by Gasteiger charge is 2.26. The van der Waals surface area contributed by atoms with Gasteiger partial charge in [0.1, 0.15) is 5.69 Å². The molecule has 1 aromatic heterocycles. The largest absolute Gasteiger partial charge is 0.358 e. The molecular formula is C14H17ClN4O2. The second-order valence-electron chi connectivity index (χ2n) is 4.78. The molecule has 21 heavy (non-hydrogen) atoms. The summed E-state index contributed by atoms with van der Waals surface area (Å²) in [6, 6.07) is 7.29. The SMILES string of the molecule is CCn1nc(C)c([N+](=O)[O-])c1NC(C)c1cccc(Cl)c1. The minimum absolute atomic E-state index is 0.0192. The maximum atomic E-state index is 11.2. The molecule has 6 nitrogen and oxygen atoms in total. The van der Waals surface area contributed by atoms with Crippen LogP contribution in [0.15, 0.2) is 24.3 Å². The Morgan fingerprint density at radius 2 is 2.24 bits per heavy atom. The molecule has 0 bridgehead atoms. The van der Waals surface area contributed by atoms with Gasteiger partial charge in [-0.05, 0) is 38.5 Å². The summed E-state index contributed by atoms with van der Waals surface area (Å²) in [5.41, 5.74) is 1.38. The Bertz CT molecular complexity index is 669. The maximum absolute atomic E-state index is 11.2. The monoisotopic (exact) mass is 308 g/mol. The van der Waals surface area contributed by atoms with Crippen LogP contribution >= 0.6 is 11.6 Å². The fraction of sp³-hybridized carbons (Fsp3) is 0.357. The highest BCUT2D eigenvalue weighted by Crippen LogP contribution is 2.31. The normalized spacial score (nSPS) is 12.2. The molecule has 1 heterocycles. The van der Waals surface area contributed by atoms with Crippen LogP contribution in [0.25, 0.3) is 0 Å². The van der Waals surface area contributed by atoms with Gasteiger partial charge in [0.15, 0.2) is 0 Å². The summed E-state index contributed by atoms with van der Waals surface area (Å²) in [4.78, 5) is 10.8. The number of anilines is 1. The van der Waals surface area contributed by atoms with Crippen LogP contribution in [0.4, 0.5) is 11.5 Å². The van der Waals surface area contributed by atoms with E-state index in [1.807, 2.05) is 32.0 Å². The van der Waals surface area contributed by atoms with E-state index in [0.29, 0.717) is 23.1 Å².